The van der Waals surface area contributed by atoms with E-state index < -0.39 is 6.09 Å². The molecule has 0 aliphatic carbocycles. The van der Waals surface area contributed by atoms with Crippen molar-refractivity contribution >= 4 is 17.9 Å². The second-order valence-electron chi connectivity index (χ2n) is 2.46. The normalized spacial score (nSPS) is 25.2. The molecule has 0 spiro atoms. The maximum atomic E-state index is 10.5. The predicted octanol–water partition coefficient (Wildman–Crippen LogP) is 0.0405. The van der Waals surface area contributed by atoms with Gasteiger partial charge in [-0.3, -0.25) is 0 Å². The summed E-state index contributed by atoms with van der Waals surface area (Å²) in [5.74, 6) is 0.869. The molecule has 1 saturated heterocycles. The van der Waals surface area contributed by atoms with Crippen molar-refractivity contribution in [3.05, 3.63) is 0 Å². The van der Waals surface area contributed by atoms with Crippen molar-refractivity contribution in [3.8, 4) is 0 Å². The monoisotopic (exact) mass is 176 g/mol. The molecule has 1 atom stereocenters. The van der Waals surface area contributed by atoms with Crippen LogP contribution in [0.5, 0.6) is 0 Å². The highest BCUT2D eigenvalue weighted by Gasteiger charge is 2.21. The van der Waals surface area contributed by atoms with Gasteiger partial charge in [0.2, 0.25) is 0 Å². The quantitative estimate of drug-likeness (QED) is 0.592. The molecule has 1 unspecified atom stereocenters. The molecule has 5 heteroatoms. The zero-order chi connectivity index (χ0) is 8.27. The number of nitrogens with two attached hydrogens (primary N) is 1. The molecular weight excluding hydrogens is 164 g/mol. The van der Waals surface area contributed by atoms with E-state index in [1.165, 1.54) is 4.90 Å². The summed E-state index contributed by atoms with van der Waals surface area (Å²) in [4.78, 5) is 11.9. The summed E-state index contributed by atoms with van der Waals surface area (Å²) in [5.41, 5.74) is 5.43. The Hall–Kier alpha value is -0.420. The molecule has 64 valence electrons. The molecule has 0 saturated carbocycles. The van der Waals surface area contributed by atoms with Crippen molar-refractivity contribution in [2.75, 3.05) is 25.4 Å². The lowest BCUT2D eigenvalue weighted by Gasteiger charge is -2.29. The second kappa shape index (κ2) is 3.82. The third kappa shape index (κ3) is 2.27. The number of carbonyl (C=O) groups is 1. The van der Waals surface area contributed by atoms with Crippen LogP contribution in [0.15, 0.2) is 0 Å². The molecule has 1 fully saturated rings. The van der Waals surface area contributed by atoms with Crippen LogP contribution in [-0.4, -0.2) is 46.7 Å². The summed E-state index contributed by atoms with van der Waals surface area (Å²) in [6.45, 7) is 1.78. The van der Waals surface area contributed by atoms with Crippen LogP contribution in [0.2, 0.25) is 0 Å². The van der Waals surface area contributed by atoms with E-state index in [1.807, 2.05) is 0 Å². The highest BCUT2D eigenvalue weighted by Crippen LogP contribution is 2.17. The third-order valence-electron chi connectivity index (χ3n) is 1.67. The van der Waals surface area contributed by atoms with Crippen LogP contribution in [0.1, 0.15) is 0 Å². The van der Waals surface area contributed by atoms with E-state index in [-0.39, 0.29) is 0 Å². The number of amides is 1. The summed E-state index contributed by atoms with van der Waals surface area (Å²) >= 11 is 1.75. The van der Waals surface area contributed by atoms with Crippen molar-refractivity contribution in [3.63, 3.8) is 0 Å². The Balaban J connectivity index is 2.39. The fourth-order valence-corrected chi connectivity index (χ4v) is 2.12. The van der Waals surface area contributed by atoms with Crippen molar-refractivity contribution < 1.29 is 9.90 Å². The molecule has 11 heavy (non-hydrogen) atoms. The number of hydrogen-bond acceptors (Lipinski definition) is 3. The highest BCUT2D eigenvalue weighted by molar-refractivity contribution is 8.00. The van der Waals surface area contributed by atoms with Gasteiger partial charge in [0.05, 0.1) is 0 Å². The fraction of sp³-hybridized carbons (Fsp3) is 0.833. The van der Waals surface area contributed by atoms with E-state index >= 15 is 0 Å². The first-order chi connectivity index (χ1) is 5.24. The third-order valence-corrected chi connectivity index (χ3v) is 2.90. The van der Waals surface area contributed by atoms with E-state index in [0.717, 1.165) is 5.75 Å². The Morgan fingerprint density at radius 3 is 3.09 bits per heavy atom. The Morgan fingerprint density at radius 1 is 1.82 bits per heavy atom. The Bertz CT molecular complexity index is 154. The first-order valence-electron chi connectivity index (χ1n) is 3.53. The van der Waals surface area contributed by atoms with Gasteiger partial charge in [-0.05, 0) is 0 Å². The van der Waals surface area contributed by atoms with Crippen LogP contribution < -0.4 is 5.73 Å². The van der Waals surface area contributed by atoms with E-state index in [9.17, 15) is 4.79 Å². The van der Waals surface area contributed by atoms with Gasteiger partial charge >= 0.3 is 6.09 Å². The molecule has 1 rings (SSSR count). The lowest BCUT2D eigenvalue weighted by atomic mass is 10.4. The van der Waals surface area contributed by atoms with Crippen molar-refractivity contribution in [2.24, 2.45) is 5.73 Å². The Labute approximate surface area is 69.7 Å². The molecule has 0 bridgehead atoms. The number of thioether (sulfide) groups is 1. The van der Waals surface area contributed by atoms with Crippen LogP contribution in [-0.2, 0) is 0 Å². The van der Waals surface area contributed by atoms with E-state index in [2.05, 4.69) is 0 Å². The van der Waals surface area contributed by atoms with Crippen LogP contribution in [0, 0.1) is 0 Å². The molecule has 0 aromatic carbocycles. The van der Waals surface area contributed by atoms with Crippen LogP contribution in [0.4, 0.5) is 4.79 Å². The van der Waals surface area contributed by atoms with Gasteiger partial charge in [-0.2, -0.15) is 11.8 Å². The zero-order valence-electron chi connectivity index (χ0n) is 6.19. The van der Waals surface area contributed by atoms with Gasteiger partial charge in [0.15, 0.2) is 0 Å². The molecule has 0 aromatic rings. The maximum Gasteiger partial charge on any atom is 0.407 e. The smallest absolute Gasteiger partial charge is 0.407 e. The van der Waals surface area contributed by atoms with Crippen molar-refractivity contribution in [1.29, 1.82) is 0 Å². The van der Waals surface area contributed by atoms with Crippen LogP contribution >= 0.6 is 11.8 Å². The molecule has 4 nitrogen and oxygen atoms in total. The van der Waals surface area contributed by atoms with Gasteiger partial charge in [-0.1, -0.05) is 0 Å². The average molecular weight is 176 g/mol. The average Bonchev–Trinajstić information content (AvgIpc) is 2.05. The van der Waals surface area contributed by atoms with Gasteiger partial charge in [0.1, 0.15) is 0 Å². The van der Waals surface area contributed by atoms with Gasteiger partial charge in [-0.15, -0.1) is 0 Å². The molecule has 3 N–H and O–H groups in total. The summed E-state index contributed by atoms with van der Waals surface area (Å²) in [7, 11) is 0. The second-order valence-corrected chi connectivity index (χ2v) is 3.87. The summed E-state index contributed by atoms with van der Waals surface area (Å²) in [6, 6.07) is 0. The largest absolute Gasteiger partial charge is 0.465 e. The number of hydrogen-bond donors (Lipinski definition) is 2. The first kappa shape index (κ1) is 8.67. The minimum atomic E-state index is -0.830. The minimum absolute atomic E-state index is 0.292. The SMILES string of the molecule is NCC1CN(C(=O)O)CCS1. The van der Waals surface area contributed by atoms with Crippen molar-refractivity contribution in [2.45, 2.75) is 5.25 Å². The minimum Gasteiger partial charge on any atom is -0.465 e. The fourth-order valence-electron chi connectivity index (χ4n) is 1.04. The van der Waals surface area contributed by atoms with Crippen molar-refractivity contribution in [1.82, 2.24) is 4.90 Å². The number of carboxylic acid groups (broad SMARTS) is 1. The summed E-state index contributed by atoms with van der Waals surface area (Å²) in [5, 5.41) is 8.92. The Kier molecular flexibility index (Phi) is 3.02. The molecule has 0 aromatic heterocycles. The number of rotatable bonds is 1. The molecule has 1 amide bonds. The van der Waals surface area contributed by atoms with E-state index in [1.54, 1.807) is 11.8 Å². The van der Waals surface area contributed by atoms with Crippen LogP contribution in [0.25, 0.3) is 0 Å². The van der Waals surface area contributed by atoms with Gasteiger partial charge in [0.25, 0.3) is 0 Å². The predicted molar refractivity (Wildman–Crippen MR) is 44.9 cm³/mol. The first-order valence-corrected chi connectivity index (χ1v) is 4.58. The highest BCUT2D eigenvalue weighted by atomic mass is 32.2. The number of nitrogens with zero attached hydrogens (tertiary/aromatic N) is 1. The van der Waals surface area contributed by atoms with Gasteiger partial charge in [-0.25, -0.2) is 4.79 Å². The van der Waals surface area contributed by atoms with Gasteiger partial charge in [0, 0.05) is 30.6 Å². The molecule has 1 aliphatic heterocycles. The van der Waals surface area contributed by atoms with Gasteiger partial charge < -0.3 is 15.7 Å². The molecular formula is C6H12N2O2S. The molecule has 1 heterocycles. The summed E-state index contributed by atoms with van der Waals surface area (Å²) < 4.78 is 0. The Morgan fingerprint density at radius 2 is 2.55 bits per heavy atom. The topological polar surface area (TPSA) is 66.6 Å². The molecule has 0 radical (unpaired) electrons. The maximum absolute atomic E-state index is 10.5. The van der Waals surface area contributed by atoms with E-state index in [0.29, 0.717) is 24.9 Å². The standard InChI is InChI=1S/C6H12N2O2S/c7-3-5-4-8(6(9)10)1-2-11-5/h5H,1-4,7H2,(H,9,10). The van der Waals surface area contributed by atoms with Crippen LogP contribution in [0.3, 0.4) is 0 Å². The van der Waals surface area contributed by atoms with E-state index in [4.69, 9.17) is 10.8 Å². The molecule has 1 aliphatic rings. The lowest BCUT2D eigenvalue weighted by Crippen LogP contribution is -2.43. The lowest BCUT2D eigenvalue weighted by molar-refractivity contribution is 0.147. The summed E-state index contributed by atoms with van der Waals surface area (Å²) in [6.07, 6.45) is -0.830. The zero-order valence-corrected chi connectivity index (χ0v) is 7.01.